The summed E-state index contributed by atoms with van der Waals surface area (Å²) in [6.07, 6.45) is 5.77. The fourth-order valence-corrected chi connectivity index (χ4v) is 5.08. The molecular weight excluding hydrogens is 500 g/mol. The topological polar surface area (TPSA) is 15.6 Å². The quantitative estimate of drug-likeness (QED) is 0.340. The van der Waals surface area contributed by atoms with Gasteiger partial charge in [0, 0.05) is 14.9 Å². The van der Waals surface area contributed by atoms with Gasteiger partial charge in [-0.05, 0) is 78.4 Å². The van der Waals surface area contributed by atoms with Crippen LogP contribution in [0.5, 0.6) is 0 Å². The van der Waals surface area contributed by atoms with Crippen LogP contribution in [-0.2, 0) is 0 Å². The van der Waals surface area contributed by atoms with E-state index in [2.05, 4.69) is 122 Å². The highest BCUT2D eigenvalue weighted by atomic mass is 79.9. The highest BCUT2D eigenvalue weighted by molar-refractivity contribution is 9.10. The number of benzene rings is 3. The van der Waals surface area contributed by atoms with Gasteiger partial charge in [0.25, 0.3) is 0 Å². The van der Waals surface area contributed by atoms with Crippen LogP contribution in [0.3, 0.4) is 0 Å². The first-order valence-corrected chi connectivity index (χ1v) is 11.9. The maximum atomic E-state index is 5.22. The molecule has 150 valence electrons. The van der Waals surface area contributed by atoms with Crippen LogP contribution in [0, 0.1) is 5.92 Å². The Morgan fingerprint density at radius 1 is 0.833 bits per heavy atom. The Bertz CT molecular complexity index is 1090. The smallest absolute Gasteiger partial charge is 0.0859 e. The van der Waals surface area contributed by atoms with E-state index >= 15 is 0 Å². The Kier molecular flexibility index (Phi) is 5.62. The molecule has 0 unspecified atom stereocenters. The summed E-state index contributed by atoms with van der Waals surface area (Å²) in [7, 11) is 0. The van der Waals surface area contributed by atoms with Crippen molar-refractivity contribution in [3.63, 3.8) is 0 Å². The monoisotopic (exact) mass is 520 g/mol. The number of halogens is 2. The van der Waals surface area contributed by atoms with E-state index in [0.29, 0.717) is 5.92 Å². The van der Waals surface area contributed by atoms with Gasteiger partial charge in [-0.3, -0.25) is 5.01 Å². The highest BCUT2D eigenvalue weighted by Gasteiger charge is 2.41. The summed E-state index contributed by atoms with van der Waals surface area (Å²) in [5.41, 5.74) is 6.32. The molecular formula is C26H22Br2N2. The molecule has 1 heterocycles. The largest absolute Gasteiger partial charge is 0.257 e. The lowest BCUT2D eigenvalue weighted by molar-refractivity contribution is 0.488. The molecule has 2 aliphatic rings. The molecule has 1 fully saturated rings. The molecule has 5 rings (SSSR count). The molecule has 4 heteroatoms. The molecule has 1 aliphatic heterocycles. The normalized spacial score (nSPS) is 22.1. The van der Waals surface area contributed by atoms with Gasteiger partial charge >= 0.3 is 0 Å². The summed E-state index contributed by atoms with van der Waals surface area (Å²) in [6, 6.07) is 28.1. The van der Waals surface area contributed by atoms with E-state index in [9.17, 15) is 0 Å². The molecule has 0 saturated heterocycles. The van der Waals surface area contributed by atoms with Gasteiger partial charge in [-0.2, -0.15) is 5.10 Å². The van der Waals surface area contributed by atoms with Crippen LogP contribution in [0.1, 0.15) is 36.4 Å². The number of nitrogens with zero attached hydrogens (tertiary/aromatic N) is 2. The number of hydrazone groups is 1. The summed E-state index contributed by atoms with van der Waals surface area (Å²) >= 11 is 7.11. The molecule has 30 heavy (non-hydrogen) atoms. The van der Waals surface area contributed by atoms with Crippen molar-refractivity contribution in [2.75, 3.05) is 5.01 Å². The molecule has 0 bridgehead atoms. The van der Waals surface area contributed by atoms with Crippen molar-refractivity contribution in [3.05, 3.63) is 105 Å². The number of allylic oxidation sites excluding steroid dienone is 1. The third-order valence-corrected chi connectivity index (χ3v) is 7.00. The van der Waals surface area contributed by atoms with Crippen molar-refractivity contribution in [1.29, 1.82) is 0 Å². The zero-order chi connectivity index (χ0) is 20.5. The second-order valence-corrected chi connectivity index (χ2v) is 9.71. The van der Waals surface area contributed by atoms with E-state index < -0.39 is 0 Å². The summed E-state index contributed by atoms with van der Waals surface area (Å²) in [6.45, 7) is 0. The molecule has 2 nitrogen and oxygen atoms in total. The van der Waals surface area contributed by atoms with Crippen LogP contribution >= 0.6 is 31.9 Å². The van der Waals surface area contributed by atoms with Crippen molar-refractivity contribution in [1.82, 2.24) is 0 Å². The second-order valence-electron chi connectivity index (χ2n) is 7.88. The van der Waals surface area contributed by atoms with Gasteiger partial charge in [0.1, 0.15) is 0 Å². The third-order valence-electron chi connectivity index (χ3n) is 5.94. The number of anilines is 1. The van der Waals surface area contributed by atoms with Crippen molar-refractivity contribution in [2.24, 2.45) is 11.0 Å². The van der Waals surface area contributed by atoms with E-state index in [4.69, 9.17) is 5.10 Å². The summed E-state index contributed by atoms with van der Waals surface area (Å²) < 4.78 is 2.21. The second kappa shape index (κ2) is 8.52. The first kappa shape index (κ1) is 19.8. The molecule has 0 spiro atoms. The Hall–Kier alpha value is -2.17. The lowest BCUT2D eigenvalue weighted by Crippen LogP contribution is -2.28. The number of fused-ring (bicyclic) bond motifs is 1. The lowest BCUT2D eigenvalue weighted by Gasteiger charge is -2.30. The first-order valence-electron chi connectivity index (χ1n) is 10.3. The molecule has 0 amide bonds. The predicted octanol–water partition coefficient (Wildman–Crippen LogP) is 8.01. The molecule has 2 atom stereocenters. The number of hydrogen-bond acceptors (Lipinski definition) is 2. The summed E-state index contributed by atoms with van der Waals surface area (Å²) in [5.74, 6) is 0.404. The minimum atomic E-state index is 0.226. The number of para-hydroxylation sites is 1. The summed E-state index contributed by atoms with van der Waals surface area (Å²) in [5, 5.41) is 7.46. The van der Waals surface area contributed by atoms with Crippen LogP contribution in [0.25, 0.3) is 6.08 Å². The molecule has 3 aromatic carbocycles. The van der Waals surface area contributed by atoms with Gasteiger partial charge in [0.15, 0.2) is 0 Å². The van der Waals surface area contributed by atoms with Gasteiger partial charge < -0.3 is 0 Å². The average Bonchev–Trinajstić information content (AvgIpc) is 3.17. The average molecular weight is 522 g/mol. The van der Waals surface area contributed by atoms with Crippen LogP contribution in [0.15, 0.2) is 98.5 Å². The third kappa shape index (κ3) is 3.91. The zero-order valence-electron chi connectivity index (χ0n) is 16.5. The maximum Gasteiger partial charge on any atom is 0.0859 e. The molecule has 3 aromatic rings. The van der Waals surface area contributed by atoms with E-state index in [0.717, 1.165) is 21.1 Å². The van der Waals surface area contributed by atoms with E-state index in [-0.39, 0.29) is 6.04 Å². The SMILES string of the molecule is Brc1ccc(C=C2CCC[C@H]3C2=NN(c2ccccc2)[C@@H]3c2ccc(Br)cc2)cc1. The van der Waals surface area contributed by atoms with Crippen molar-refractivity contribution >= 4 is 49.3 Å². The fourth-order valence-electron chi connectivity index (χ4n) is 4.55. The van der Waals surface area contributed by atoms with Crippen LogP contribution in [-0.4, -0.2) is 5.71 Å². The van der Waals surface area contributed by atoms with Gasteiger partial charge in [-0.1, -0.05) is 74.3 Å². The zero-order valence-corrected chi connectivity index (χ0v) is 19.7. The molecule has 0 radical (unpaired) electrons. The Morgan fingerprint density at radius 2 is 1.50 bits per heavy atom. The van der Waals surface area contributed by atoms with E-state index in [1.165, 1.54) is 35.3 Å². The fraction of sp³-hybridized carbons (Fsp3) is 0.192. The Morgan fingerprint density at radius 3 is 2.20 bits per heavy atom. The van der Waals surface area contributed by atoms with Crippen molar-refractivity contribution in [2.45, 2.75) is 25.3 Å². The van der Waals surface area contributed by atoms with Crippen LogP contribution in [0.4, 0.5) is 5.69 Å². The number of hydrogen-bond donors (Lipinski definition) is 0. The minimum absolute atomic E-state index is 0.226. The predicted molar refractivity (Wildman–Crippen MR) is 133 cm³/mol. The molecule has 0 N–H and O–H groups in total. The highest BCUT2D eigenvalue weighted by Crippen LogP contribution is 2.46. The van der Waals surface area contributed by atoms with Crippen molar-refractivity contribution < 1.29 is 0 Å². The van der Waals surface area contributed by atoms with Gasteiger partial charge in [-0.25, -0.2) is 0 Å². The minimum Gasteiger partial charge on any atom is -0.257 e. The van der Waals surface area contributed by atoms with Crippen molar-refractivity contribution in [3.8, 4) is 0 Å². The lowest BCUT2D eigenvalue weighted by atomic mass is 9.77. The van der Waals surface area contributed by atoms with Gasteiger partial charge in [-0.15, -0.1) is 0 Å². The standard InChI is InChI=1S/C26H22Br2N2/c27-21-13-9-18(10-14-21)17-20-5-4-8-24-25(20)29-30(23-6-2-1-3-7-23)26(24)19-11-15-22(28)16-12-19/h1-3,6-7,9-17,24,26H,4-5,8H2/t24-,26+/m0/s1. The van der Waals surface area contributed by atoms with Gasteiger partial charge in [0.05, 0.1) is 17.4 Å². The Labute approximate surface area is 194 Å². The first-order chi connectivity index (χ1) is 14.7. The van der Waals surface area contributed by atoms with Crippen LogP contribution < -0.4 is 5.01 Å². The molecule has 0 aromatic heterocycles. The maximum absolute atomic E-state index is 5.22. The van der Waals surface area contributed by atoms with Crippen LogP contribution in [0.2, 0.25) is 0 Å². The number of rotatable bonds is 3. The van der Waals surface area contributed by atoms with Gasteiger partial charge in [0.2, 0.25) is 0 Å². The molecule has 1 saturated carbocycles. The Balaban J connectivity index is 1.58. The molecule has 1 aliphatic carbocycles. The summed E-state index contributed by atoms with van der Waals surface area (Å²) in [4.78, 5) is 0. The van der Waals surface area contributed by atoms with E-state index in [1.54, 1.807) is 0 Å². The van der Waals surface area contributed by atoms with E-state index in [1.807, 2.05) is 0 Å².